The first-order valence-electron chi connectivity index (χ1n) is 5.59. The lowest BCUT2D eigenvalue weighted by Crippen LogP contribution is -2.35. The fourth-order valence-corrected chi connectivity index (χ4v) is 2.38. The Morgan fingerprint density at radius 1 is 1.47 bits per heavy atom. The fraction of sp³-hybridized carbons (Fsp3) is 0.667. The van der Waals surface area contributed by atoms with Crippen LogP contribution in [0, 0.1) is 0 Å². The van der Waals surface area contributed by atoms with Gasteiger partial charge in [-0.25, -0.2) is 0 Å². The van der Waals surface area contributed by atoms with Gasteiger partial charge in [-0.2, -0.15) is 0 Å². The second-order valence-corrected chi connectivity index (χ2v) is 4.37. The number of hydrogen-bond donors (Lipinski definition) is 1. The van der Waals surface area contributed by atoms with Crippen molar-refractivity contribution in [2.24, 2.45) is 5.73 Å². The van der Waals surface area contributed by atoms with Gasteiger partial charge in [0.15, 0.2) is 0 Å². The Balaban J connectivity index is 2.12. The van der Waals surface area contributed by atoms with E-state index in [0.29, 0.717) is 6.61 Å². The van der Waals surface area contributed by atoms with Gasteiger partial charge in [0.25, 0.3) is 0 Å². The molecule has 1 aromatic heterocycles. The highest BCUT2D eigenvalue weighted by Crippen LogP contribution is 2.46. The zero-order valence-corrected chi connectivity index (χ0v) is 9.29. The molecule has 1 heterocycles. The van der Waals surface area contributed by atoms with Crippen LogP contribution in [0.25, 0.3) is 0 Å². The van der Waals surface area contributed by atoms with Crippen molar-refractivity contribution >= 4 is 0 Å². The molecule has 0 saturated heterocycles. The molecule has 0 amide bonds. The molecule has 3 heteroatoms. The minimum absolute atomic E-state index is 0.237. The van der Waals surface area contributed by atoms with Gasteiger partial charge in [0.1, 0.15) is 18.1 Å². The first-order chi connectivity index (χ1) is 7.30. The average Bonchev–Trinajstić information content (AvgIpc) is 2.61. The van der Waals surface area contributed by atoms with Crippen molar-refractivity contribution in [1.29, 1.82) is 0 Å². The van der Waals surface area contributed by atoms with E-state index in [2.05, 4.69) is 6.07 Å². The van der Waals surface area contributed by atoms with Crippen LogP contribution in [0.2, 0.25) is 0 Å². The third-order valence-corrected chi connectivity index (χ3v) is 3.40. The van der Waals surface area contributed by atoms with Crippen molar-refractivity contribution < 1.29 is 9.15 Å². The molecule has 0 bridgehead atoms. The lowest BCUT2D eigenvalue weighted by atomic mass is 9.65. The summed E-state index contributed by atoms with van der Waals surface area (Å²) in [7, 11) is 1.68. The van der Waals surface area contributed by atoms with Crippen molar-refractivity contribution in [3.63, 3.8) is 0 Å². The summed E-state index contributed by atoms with van der Waals surface area (Å²) in [6.45, 7) is 1.29. The third kappa shape index (κ3) is 1.94. The molecule has 1 aliphatic rings. The molecule has 84 valence electrons. The molecule has 1 aliphatic carbocycles. The first kappa shape index (κ1) is 10.7. The van der Waals surface area contributed by atoms with Gasteiger partial charge in [0, 0.05) is 12.5 Å². The van der Waals surface area contributed by atoms with E-state index in [-0.39, 0.29) is 5.41 Å². The quantitative estimate of drug-likeness (QED) is 0.808. The molecule has 2 rings (SSSR count). The zero-order chi connectivity index (χ0) is 10.7. The van der Waals surface area contributed by atoms with Gasteiger partial charge in [0.05, 0.1) is 0 Å². The average molecular weight is 209 g/mol. The van der Waals surface area contributed by atoms with Crippen molar-refractivity contribution in [2.45, 2.75) is 37.7 Å². The van der Waals surface area contributed by atoms with Gasteiger partial charge in [-0.15, -0.1) is 0 Å². The van der Waals surface area contributed by atoms with Gasteiger partial charge >= 0.3 is 0 Å². The molecule has 0 radical (unpaired) electrons. The lowest BCUT2D eigenvalue weighted by molar-refractivity contribution is 0.145. The third-order valence-electron chi connectivity index (χ3n) is 3.40. The minimum Gasteiger partial charge on any atom is -0.463 e. The maximum absolute atomic E-state index is 5.80. The fourth-order valence-electron chi connectivity index (χ4n) is 2.38. The lowest BCUT2D eigenvalue weighted by Gasteiger charge is -2.40. The van der Waals surface area contributed by atoms with Crippen molar-refractivity contribution in [2.75, 3.05) is 13.7 Å². The molecule has 1 aromatic rings. The summed E-state index contributed by atoms with van der Waals surface area (Å²) in [4.78, 5) is 0. The summed E-state index contributed by atoms with van der Waals surface area (Å²) in [5, 5.41) is 0. The zero-order valence-electron chi connectivity index (χ0n) is 9.29. The molecule has 1 fully saturated rings. The van der Waals surface area contributed by atoms with Crippen LogP contribution in [-0.2, 0) is 16.8 Å². The van der Waals surface area contributed by atoms with Gasteiger partial charge in [-0.1, -0.05) is 6.42 Å². The molecular weight excluding hydrogens is 190 g/mol. The molecule has 0 aliphatic heterocycles. The summed E-state index contributed by atoms with van der Waals surface area (Å²) in [6.07, 6.45) is 4.75. The second kappa shape index (κ2) is 4.37. The van der Waals surface area contributed by atoms with E-state index >= 15 is 0 Å². The van der Waals surface area contributed by atoms with E-state index in [9.17, 15) is 0 Å². The number of nitrogens with two attached hydrogens (primary N) is 1. The summed E-state index contributed by atoms with van der Waals surface area (Å²) in [5.74, 6) is 2.02. The number of methoxy groups -OCH3 is 1. The Hall–Kier alpha value is -0.800. The van der Waals surface area contributed by atoms with Crippen molar-refractivity contribution in [3.8, 4) is 0 Å². The van der Waals surface area contributed by atoms with E-state index in [1.165, 1.54) is 19.3 Å². The van der Waals surface area contributed by atoms with Crippen LogP contribution in [0.3, 0.4) is 0 Å². The van der Waals surface area contributed by atoms with Crippen LogP contribution in [0.15, 0.2) is 16.5 Å². The normalized spacial score (nSPS) is 18.8. The highest BCUT2D eigenvalue weighted by molar-refractivity contribution is 5.20. The molecule has 0 unspecified atom stereocenters. The maximum atomic E-state index is 5.80. The van der Waals surface area contributed by atoms with Gasteiger partial charge in [-0.3, -0.25) is 0 Å². The van der Waals surface area contributed by atoms with Crippen LogP contribution in [0.1, 0.15) is 37.2 Å². The molecule has 0 aromatic carbocycles. The molecule has 1 saturated carbocycles. The van der Waals surface area contributed by atoms with Gasteiger partial charge < -0.3 is 14.9 Å². The SMILES string of the molecule is COCc1ccc(C2(CCN)CCC2)o1. The Morgan fingerprint density at radius 2 is 2.27 bits per heavy atom. The highest BCUT2D eigenvalue weighted by Gasteiger charge is 2.40. The van der Waals surface area contributed by atoms with Crippen LogP contribution >= 0.6 is 0 Å². The molecule has 15 heavy (non-hydrogen) atoms. The van der Waals surface area contributed by atoms with Crippen molar-refractivity contribution in [3.05, 3.63) is 23.7 Å². The Labute approximate surface area is 90.6 Å². The van der Waals surface area contributed by atoms with Crippen LogP contribution in [-0.4, -0.2) is 13.7 Å². The first-order valence-corrected chi connectivity index (χ1v) is 5.59. The molecule has 2 N–H and O–H groups in total. The van der Waals surface area contributed by atoms with E-state index in [0.717, 1.165) is 24.5 Å². The van der Waals surface area contributed by atoms with Gasteiger partial charge in [-0.05, 0) is 37.9 Å². The standard InChI is InChI=1S/C12H19NO2/c1-14-9-10-3-4-11(15-10)12(7-8-13)5-2-6-12/h3-4H,2,5-9,13H2,1H3. The predicted molar refractivity (Wildman–Crippen MR) is 58.6 cm³/mol. The number of ether oxygens (including phenoxy) is 1. The summed E-state index contributed by atoms with van der Waals surface area (Å²) in [6, 6.07) is 4.10. The van der Waals surface area contributed by atoms with Gasteiger partial charge in [0.2, 0.25) is 0 Å². The molecular formula is C12H19NO2. The van der Waals surface area contributed by atoms with E-state index in [4.69, 9.17) is 14.9 Å². The van der Waals surface area contributed by atoms with E-state index in [1.807, 2.05) is 6.07 Å². The smallest absolute Gasteiger partial charge is 0.129 e. The Morgan fingerprint density at radius 3 is 2.80 bits per heavy atom. The number of rotatable bonds is 5. The number of furan rings is 1. The monoisotopic (exact) mass is 209 g/mol. The highest BCUT2D eigenvalue weighted by atomic mass is 16.5. The van der Waals surface area contributed by atoms with Crippen LogP contribution in [0.4, 0.5) is 0 Å². The minimum atomic E-state index is 0.237. The summed E-state index contributed by atoms with van der Waals surface area (Å²) in [5.41, 5.74) is 5.90. The largest absolute Gasteiger partial charge is 0.463 e. The Kier molecular flexibility index (Phi) is 3.12. The van der Waals surface area contributed by atoms with E-state index < -0.39 is 0 Å². The molecule has 3 nitrogen and oxygen atoms in total. The Bertz CT molecular complexity index is 315. The van der Waals surface area contributed by atoms with E-state index in [1.54, 1.807) is 7.11 Å². The topological polar surface area (TPSA) is 48.4 Å². The number of hydrogen-bond acceptors (Lipinski definition) is 3. The van der Waals surface area contributed by atoms with Crippen LogP contribution < -0.4 is 5.73 Å². The van der Waals surface area contributed by atoms with Crippen molar-refractivity contribution in [1.82, 2.24) is 0 Å². The molecule has 0 spiro atoms. The summed E-state index contributed by atoms with van der Waals surface area (Å²) >= 11 is 0. The maximum Gasteiger partial charge on any atom is 0.129 e. The summed E-state index contributed by atoms with van der Waals surface area (Å²) < 4.78 is 10.9. The van der Waals surface area contributed by atoms with Crippen LogP contribution in [0.5, 0.6) is 0 Å². The molecule has 0 atom stereocenters. The predicted octanol–water partition coefficient (Wildman–Crippen LogP) is 2.20. The second-order valence-electron chi connectivity index (χ2n) is 4.37.